The number of carbonyl (C=O) groups is 4. The highest BCUT2D eigenvalue weighted by Gasteiger charge is 2.55. The molecular formula is C21H27N3O5. The number of benzene rings is 1. The Balaban J connectivity index is 1.50. The Hall–Kier alpha value is -2.90. The molecule has 0 aromatic heterocycles. The van der Waals surface area contributed by atoms with E-state index in [-0.39, 0.29) is 11.8 Å². The van der Waals surface area contributed by atoms with Crippen LogP contribution in [0.3, 0.4) is 0 Å². The predicted molar refractivity (Wildman–Crippen MR) is 106 cm³/mol. The summed E-state index contributed by atoms with van der Waals surface area (Å²) in [6.45, 7) is 2.99. The Morgan fingerprint density at radius 3 is 2.62 bits per heavy atom. The van der Waals surface area contributed by atoms with Gasteiger partial charge < -0.3 is 15.4 Å². The molecule has 2 N–H and O–H groups in total. The molecule has 1 saturated heterocycles. The van der Waals surface area contributed by atoms with Crippen LogP contribution in [0.25, 0.3) is 0 Å². The van der Waals surface area contributed by atoms with E-state index in [1.807, 2.05) is 26.0 Å². The SMILES string of the molecule is CCc1ccc(NC(=O)COC(=O)CN2C(=O)N[C@]3(CCCC[C@H]3C)C2=O)cc1. The van der Waals surface area contributed by atoms with Gasteiger partial charge in [-0.2, -0.15) is 0 Å². The number of urea groups is 1. The summed E-state index contributed by atoms with van der Waals surface area (Å²) in [6, 6.07) is 6.77. The summed E-state index contributed by atoms with van der Waals surface area (Å²) in [5.41, 5.74) is 0.830. The molecule has 1 saturated carbocycles. The van der Waals surface area contributed by atoms with E-state index in [0.717, 1.165) is 36.1 Å². The molecule has 1 aliphatic carbocycles. The van der Waals surface area contributed by atoms with Crippen LogP contribution in [-0.4, -0.2) is 47.4 Å². The van der Waals surface area contributed by atoms with E-state index in [1.54, 1.807) is 12.1 Å². The quantitative estimate of drug-likeness (QED) is 0.562. The summed E-state index contributed by atoms with van der Waals surface area (Å²) in [5, 5.41) is 5.42. The van der Waals surface area contributed by atoms with Crippen LogP contribution in [0.5, 0.6) is 0 Å². The number of aryl methyl sites for hydroxylation is 1. The van der Waals surface area contributed by atoms with Crippen LogP contribution >= 0.6 is 0 Å². The molecule has 0 unspecified atom stereocenters. The average molecular weight is 401 g/mol. The zero-order chi connectivity index (χ0) is 21.0. The first-order valence-corrected chi connectivity index (χ1v) is 10.0. The fraction of sp³-hybridized carbons (Fsp3) is 0.524. The second-order valence-electron chi connectivity index (χ2n) is 7.70. The molecule has 29 heavy (non-hydrogen) atoms. The number of nitrogens with one attached hydrogen (secondary N) is 2. The van der Waals surface area contributed by atoms with Gasteiger partial charge in [0.2, 0.25) is 0 Å². The summed E-state index contributed by atoms with van der Waals surface area (Å²) in [6.07, 6.45) is 4.19. The number of hydrogen-bond donors (Lipinski definition) is 2. The van der Waals surface area contributed by atoms with Crippen LogP contribution in [-0.2, 0) is 25.5 Å². The van der Waals surface area contributed by atoms with Crippen molar-refractivity contribution in [3.8, 4) is 0 Å². The van der Waals surface area contributed by atoms with Crippen LogP contribution in [0.1, 0.15) is 45.1 Å². The standard InChI is InChI=1S/C21H27N3O5/c1-3-15-7-9-16(10-8-15)22-17(25)13-29-18(26)12-24-19(27)21(23-20(24)28)11-5-4-6-14(21)2/h7-10,14H,3-6,11-13H2,1-2H3,(H,22,25)(H,23,28)/t14-,21+/m1/s1. The first kappa shape index (κ1) is 20.8. The number of carbonyl (C=O) groups excluding carboxylic acids is 4. The summed E-state index contributed by atoms with van der Waals surface area (Å²) in [5.74, 6) is -1.66. The van der Waals surface area contributed by atoms with Gasteiger partial charge in [0.05, 0.1) is 0 Å². The lowest BCUT2D eigenvalue weighted by atomic mass is 9.73. The van der Waals surface area contributed by atoms with Crippen molar-refractivity contribution >= 4 is 29.5 Å². The molecule has 2 fully saturated rings. The number of esters is 1. The Kier molecular flexibility index (Phi) is 6.20. The third-order valence-electron chi connectivity index (χ3n) is 5.80. The minimum atomic E-state index is -0.919. The molecule has 0 bridgehead atoms. The van der Waals surface area contributed by atoms with Crippen LogP contribution in [0.4, 0.5) is 10.5 Å². The molecule has 156 valence electrons. The number of imide groups is 1. The summed E-state index contributed by atoms with van der Waals surface area (Å²) in [4.78, 5) is 50.1. The van der Waals surface area contributed by atoms with E-state index in [4.69, 9.17) is 4.74 Å². The number of anilines is 1. The minimum absolute atomic E-state index is 0.0126. The molecule has 0 radical (unpaired) electrons. The molecule has 4 amide bonds. The monoisotopic (exact) mass is 401 g/mol. The van der Waals surface area contributed by atoms with Gasteiger partial charge in [-0.3, -0.25) is 19.3 Å². The molecule has 8 heteroatoms. The van der Waals surface area contributed by atoms with E-state index in [1.165, 1.54) is 0 Å². The minimum Gasteiger partial charge on any atom is -0.454 e. The Labute approximate surface area is 170 Å². The zero-order valence-corrected chi connectivity index (χ0v) is 16.8. The highest BCUT2D eigenvalue weighted by molar-refractivity contribution is 6.09. The lowest BCUT2D eigenvalue weighted by Gasteiger charge is -2.36. The zero-order valence-electron chi connectivity index (χ0n) is 16.8. The van der Waals surface area contributed by atoms with Gasteiger partial charge in [0.15, 0.2) is 6.61 Å². The van der Waals surface area contributed by atoms with Gasteiger partial charge in [-0.25, -0.2) is 4.79 Å². The first-order valence-electron chi connectivity index (χ1n) is 10.0. The third-order valence-corrected chi connectivity index (χ3v) is 5.80. The number of hydrogen-bond acceptors (Lipinski definition) is 5. The van der Waals surface area contributed by atoms with Crippen LogP contribution in [0.2, 0.25) is 0 Å². The maximum absolute atomic E-state index is 12.8. The summed E-state index contributed by atoms with van der Waals surface area (Å²) in [7, 11) is 0. The first-order chi connectivity index (χ1) is 13.9. The van der Waals surface area contributed by atoms with Crippen molar-refractivity contribution in [1.82, 2.24) is 10.2 Å². The summed E-state index contributed by atoms with van der Waals surface area (Å²) < 4.78 is 4.96. The average Bonchev–Trinajstić information content (AvgIpc) is 2.94. The summed E-state index contributed by atoms with van der Waals surface area (Å²) >= 11 is 0. The van der Waals surface area contributed by atoms with E-state index >= 15 is 0 Å². The predicted octanol–water partition coefficient (Wildman–Crippen LogP) is 2.23. The van der Waals surface area contributed by atoms with E-state index < -0.39 is 36.6 Å². The van der Waals surface area contributed by atoms with Crippen molar-refractivity contribution in [2.45, 2.75) is 51.5 Å². The van der Waals surface area contributed by atoms with Crippen molar-refractivity contribution in [2.24, 2.45) is 5.92 Å². The molecule has 1 aromatic rings. The smallest absolute Gasteiger partial charge is 0.326 e. The van der Waals surface area contributed by atoms with Crippen LogP contribution in [0, 0.1) is 5.92 Å². The van der Waals surface area contributed by atoms with Gasteiger partial charge in [-0.1, -0.05) is 38.8 Å². The second-order valence-corrected chi connectivity index (χ2v) is 7.70. The molecule has 1 aliphatic heterocycles. The van der Waals surface area contributed by atoms with Gasteiger partial charge >= 0.3 is 12.0 Å². The molecule has 1 heterocycles. The largest absolute Gasteiger partial charge is 0.454 e. The van der Waals surface area contributed by atoms with Gasteiger partial charge in [-0.05, 0) is 42.9 Å². The maximum Gasteiger partial charge on any atom is 0.326 e. The maximum atomic E-state index is 12.8. The number of rotatable bonds is 6. The number of amides is 4. The van der Waals surface area contributed by atoms with Crippen LogP contribution in [0.15, 0.2) is 24.3 Å². The lowest BCUT2D eigenvalue weighted by Crippen LogP contribution is -2.54. The van der Waals surface area contributed by atoms with Gasteiger partial charge in [0, 0.05) is 5.69 Å². The fourth-order valence-electron chi connectivity index (χ4n) is 3.98. The molecule has 2 atom stereocenters. The van der Waals surface area contributed by atoms with E-state index in [2.05, 4.69) is 10.6 Å². The molecule has 3 rings (SSSR count). The molecule has 1 spiro atoms. The van der Waals surface area contributed by atoms with Crippen molar-refractivity contribution in [3.63, 3.8) is 0 Å². The number of ether oxygens (including phenoxy) is 1. The Morgan fingerprint density at radius 2 is 1.97 bits per heavy atom. The van der Waals surface area contributed by atoms with Gasteiger partial charge in [-0.15, -0.1) is 0 Å². The topological polar surface area (TPSA) is 105 Å². The Bertz CT molecular complexity index is 807. The Morgan fingerprint density at radius 1 is 1.24 bits per heavy atom. The van der Waals surface area contributed by atoms with Gasteiger partial charge in [0.25, 0.3) is 11.8 Å². The molecule has 8 nitrogen and oxygen atoms in total. The number of nitrogens with zero attached hydrogens (tertiary/aromatic N) is 1. The van der Waals surface area contributed by atoms with Crippen molar-refractivity contribution in [1.29, 1.82) is 0 Å². The second kappa shape index (κ2) is 8.63. The van der Waals surface area contributed by atoms with Crippen LogP contribution < -0.4 is 10.6 Å². The van der Waals surface area contributed by atoms with E-state index in [9.17, 15) is 19.2 Å². The highest BCUT2D eigenvalue weighted by Crippen LogP contribution is 2.38. The lowest BCUT2D eigenvalue weighted by molar-refractivity contribution is -0.150. The van der Waals surface area contributed by atoms with Crippen molar-refractivity contribution < 1.29 is 23.9 Å². The highest BCUT2D eigenvalue weighted by atomic mass is 16.5. The molecule has 2 aliphatic rings. The van der Waals surface area contributed by atoms with Gasteiger partial charge in [0.1, 0.15) is 12.1 Å². The van der Waals surface area contributed by atoms with Crippen molar-refractivity contribution in [3.05, 3.63) is 29.8 Å². The third kappa shape index (κ3) is 4.41. The van der Waals surface area contributed by atoms with Crippen molar-refractivity contribution in [2.75, 3.05) is 18.5 Å². The normalized spacial score (nSPS) is 23.8. The van der Waals surface area contributed by atoms with E-state index in [0.29, 0.717) is 12.1 Å². The molecule has 1 aromatic carbocycles. The fourth-order valence-corrected chi connectivity index (χ4v) is 3.98. The molecular weight excluding hydrogens is 374 g/mol.